The Morgan fingerprint density at radius 2 is 1.94 bits per heavy atom. The van der Waals surface area contributed by atoms with Crippen molar-refractivity contribution in [2.45, 2.75) is 32.2 Å². The number of anilines is 1. The number of alkyl halides is 2. The van der Waals surface area contributed by atoms with Crippen LogP contribution in [-0.2, 0) is 16.8 Å². The van der Waals surface area contributed by atoms with Crippen LogP contribution < -0.4 is 5.32 Å². The molecule has 1 N–H and O–H groups in total. The molecule has 0 saturated heterocycles. The van der Waals surface area contributed by atoms with Crippen LogP contribution in [0.15, 0.2) is 47.1 Å². The molecule has 4 aromatic rings. The van der Waals surface area contributed by atoms with E-state index in [2.05, 4.69) is 30.8 Å². The molecular formula is C21H17F2N7O2. The molecule has 0 unspecified atom stereocenters. The average Bonchev–Trinajstić information content (AvgIpc) is 3.48. The maximum atomic E-state index is 12.6. The fourth-order valence-electron chi connectivity index (χ4n) is 3.49. The predicted molar refractivity (Wildman–Crippen MR) is 109 cm³/mol. The van der Waals surface area contributed by atoms with Gasteiger partial charge in [0.2, 0.25) is 11.8 Å². The Morgan fingerprint density at radius 1 is 1.12 bits per heavy atom. The number of fused-ring (bicyclic) bond motifs is 1. The summed E-state index contributed by atoms with van der Waals surface area (Å²) >= 11 is 0. The zero-order valence-corrected chi connectivity index (χ0v) is 17.1. The molecule has 0 aliphatic carbocycles. The molecule has 9 nitrogen and oxygen atoms in total. The number of hydrogen-bond acceptors (Lipinski definition) is 7. The van der Waals surface area contributed by atoms with Gasteiger partial charge in [-0.15, -0.1) is 15.3 Å². The number of rotatable bonds is 5. The lowest BCUT2D eigenvalue weighted by atomic mass is 9.85. The summed E-state index contributed by atoms with van der Waals surface area (Å²) in [5.74, 6) is -0.780. The molecule has 1 aliphatic heterocycles. The van der Waals surface area contributed by atoms with Crippen LogP contribution in [0, 0.1) is 0 Å². The topological polar surface area (TPSA) is 112 Å². The Kier molecular flexibility index (Phi) is 4.54. The fourth-order valence-corrected chi connectivity index (χ4v) is 3.49. The summed E-state index contributed by atoms with van der Waals surface area (Å²) in [6.45, 7) is 4.12. The number of nitrogens with zero attached hydrogens (tertiary/aromatic N) is 6. The zero-order valence-electron chi connectivity index (χ0n) is 17.1. The Labute approximate surface area is 180 Å². The Balaban J connectivity index is 1.33. The van der Waals surface area contributed by atoms with Crippen molar-refractivity contribution in [3.05, 3.63) is 59.9 Å². The van der Waals surface area contributed by atoms with Gasteiger partial charge in [-0.1, -0.05) is 11.3 Å². The van der Waals surface area contributed by atoms with Crippen molar-refractivity contribution < 1.29 is 18.0 Å². The van der Waals surface area contributed by atoms with E-state index in [0.29, 0.717) is 23.5 Å². The van der Waals surface area contributed by atoms with E-state index in [1.165, 1.54) is 6.20 Å². The number of pyridine rings is 1. The summed E-state index contributed by atoms with van der Waals surface area (Å²) in [5, 5.41) is 18.2. The number of carbonyl (C=O) groups is 1. The van der Waals surface area contributed by atoms with Crippen LogP contribution >= 0.6 is 0 Å². The molecule has 0 spiro atoms. The molecule has 11 heteroatoms. The van der Waals surface area contributed by atoms with Gasteiger partial charge in [0.15, 0.2) is 0 Å². The monoisotopic (exact) mass is 437 g/mol. The largest absolute Gasteiger partial charge is 0.415 e. The maximum absolute atomic E-state index is 12.6. The van der Waals surface area contributed by atoms with Gasteiger partial charge in [0.05, 0.1) is 29.4 Å². The van der Waals surface area contributed by atoms with E-state index < -0.39 is 17.7 Å². The van der Waals surface area contributed by atoms with Crippen LogP contribution in [-0.4, -0.2) is 36.1 Å². The third kappa shape index (κ3) is 3.41. The van der Waals surface area contributed by atoms with E-state index in [1.807, 2.05) is 32.0 Å². The summed E-state index contributed by atoms with van der Waals surface area (Å²) in [7, 11) is 0. The summed E-state index contributed by atoms with van der Waals surface area (Å²) in [5.41, 5.74) is 3.77. The van der Waals surface area contributed by atoms with Gasteiger partial charge in [0.1, 0.15) is 5.69 Å². The molecule has 4 heterocycles. The van der Waals surface area contributed by atoms with Crippen molar-refractivity contribution in [3.63, 3.8) is 0 Å². The highest BCUT2D eigenvalue weighted by Crippen LogP contribution is 2.39. The molecular weight excluding hydrogens is 420 g/mol. The molecule has 1 aliphatic rings. The average molecular weight is 437 g/mol. The van der Waals surface area contributed by atoms with Crippen LogP contribution in [0.1, 0.15) is 37.4 Å². The molecule has 0 atom stereocenters. The highest BCUT2D eigenvalue weighted by molar-refractivity contribution is 6.06. The normalized spacial score (nSPS) is 14.6. The first-order valence-corrected chi connectivity index (χ1v) is 9.74. The second-order valence-corrected chi connectivity index (χ2v) is 7.93. The zero-order chi connectivity index (χ0) is 22.5. The van der Waals surface area contributed by atoms with Crippen molar-refractivity contribution in [2.24, 2.45) is 0 Å². The second-order valence-electron chi connectivity index (χ2n) is 7.93. The van der Waals surface area contributed by atoms with Crippen molar-refractivity contribution in [3.8, 4) is 22.7 Å². The molecule has 0 bridgehead atoms. The first-order valence-electron chi connectivity index (χ1n) is 9.74. The first kappa shape index (κ1) is 19.9. The summed E-state index contributed by atoms with van der Waals surface area (Å²) in [6.07, 6.45) is 0.447. The van der Waals surface area contributed by atoms with Crippen molar-refractivity contribution in [1.82, 2.24) is 30.2 Å². The molecule has 0 saturated carbocycles. The molecule has 5 rings (SSSR count). The van der Waals surface area contributed by atoms with E-state index in [0.717, 1.165) is 16.8 Å². The Hall–Kier alpha value is -4.02. The van der Waals surface area contributed by atoms with Gasteiger partial charge in [0.25, 0.3) is 5.89 Å². The van der Waals surface area contributed by atoms with Gasteiger partial charge in [-0.3, -0.25) is 9.78 Å². The smallest absolute Gasteiger partial charge is 0.314 e. The highest BCUT2D eigenvalue weighted by Gasteiger charge is 2.38. The SMILES string of the molecule is CC1(C)C(=O)Nc2ccc(-c3cn(Cc4ccc(-c5nnc(C(F)F)o5)cn4)nn3)cc21. The maximum Gasteiger partial charge on any atom is 0.314 e. The van der Waals surface area contributed by atoms with Gasteiger partial charge in [-0.2, -0.15) is 8.78 Å². The molecule has 1 amide bonds. The molecule has 1 aromatic carbocycles. The van der Waals surface area contributed by atoms with E-state index in [1.54, 1.807) is 23.0 Å². The number of amides is 1. The second kappa shape index (κ2) is 7.29. The van der Waals surface area contributed by atoms with E-state index in [-0.39, 0.29) is 11.8 Å². The minimum absolute atomic E-state index is 0.0186. The third-order valence-electron chi connectivity index (χ3n) is 5.37. The van der Waals surface area contributed by atoms with Crippen molar-refractivity contribution in [2.75, 3.05) is 5.32 Å². The minimum Gasteiger partial charge on any atom is -0.415 e. The van der Waals surface area contributed by atoms with Crippen LogP contribution in [0.3, 0.4) is 0 Å². The Morgan fingerprint density at radius 3 is 2.66 bits per heavy atom. The van der Waals surface area contributed by atoms with E-state index >= 15 is 0 Å². The number of benzene rings is 1. The molecule has 3 aromatic heterocycles. The van der Waals surface area contributed by atoms with Crippen LogP contribution in [0.4, 0.5) is 14.5 Å². The van der Waals surface area contributed by atoms with Crippen molar-refractivity contribution in [1.29, 1.82) is 0 Å². The Bertz CT molecular complexity index is 1310. The van der Waals surface area contributed by atoms with E-state index in [9.17, 15) is 13.6 Å². The van der Waals surface area contributed by atoms with Gasteiger partial charge in [-0.25, -0.2) is 4.68 Å². The lowest BCUT2D eigenvalue weighted by molar-refractivity contribution is -0.119. The quantitative estimate of drug-likeness (QED) is 0.508. The molecule has 162 valence electrons. The van der Waals surface area contributed by atoms with Gasteiger partial charge >= 0.3 is 6.43 Å². The molecule has 0 radical (unpaired) electrons. The fraction of sp³-hybridized carbons (Fsp3) is 0.238. The van der Waals surface area contributed by atoms with Crippen LogP contribution in [0.25, 0.3) is 22.7 Å². The summed E-state index contributed by atoms with van der Waals surface area (Å²) in [6, 6.07) is 9.09. The predicted octanol–water partition coefficient (Wildman–Crippen LogP) is 3.61. The third-order valence-corrected chi connectivity index (χ3v) is 5.37. The summed E-state index contributed by atoms with van der Waals surface area (Å²) < 4.78 is 31.8. The number of nitrogens with one attached hydrogen (secondary N) is 1. The number of aromatic nitrogens is 6. The van der Waals surface area contributed by atoms with Crippen LogP contribution in [0.2, 0.25) is 0 Å². The molecule has 32 heavy (non-hydrogen) atoms. The van der Waals surface area contributed by atoms with Gasteiger partial charge < -0.3 is 9.73 Å². The van der Waals surface area contributed by atoms with Gasteiger partial charge in [0, 0.05) is 17.4 Å². The summed E-state index contributed by atoms with van der Waals surface area (Å²) in [4.78, 5) is 16.5. The number of hydrogen-bond donors (Lipinski definition) is 1. The lowest BCUT2D eigenvalue weighted by Crippen LogP contribution is -2.26. The minimum atomic E-state index is -2.82. The number of carbonyl (C=O) groups excluding carboxylic acids is 1. The number of halogens is 2. The first-order chi connectivity index (χ1) is 15.3. The lowest BCUT2D eigenvalue weighted by Gasteiger charge is -2.15. The van der Waals surface area contributed by atoms with Crippen LogP contribution in [0.5, 0.6) is 0 Å². The van der Waals surface area contributed by atoms with Gasteiger partial charge in [-0.05, 0) is 43.7 Å². The standard InChI is InChI=1S/C21H17F2N7O2/c1-21(2)14-7-11(4-6-15(14)25-20(21)31)16-10-30(29-26-16)9-13-5-3-12(8-24-13)18-27-28-19(32-18)17(22)23/h3-8,10,17H,9H2,1-2H3,(H,25,31). The highest BCUT2D eigenvalue weighted by atomic mass is 19.3. The van der Waals surface area contributed by atoms with Crippen molar-refractivity contribution >= 4 is 11.6 Å². The molecule has 0 fully saturated rings. The van der Waals surface area contributed by atoms with E-state index in [4.69, 9.17) is 4.42 Å².